The van der Waals surface area contributed by atoms with Crippen LogP contribution in [0.1, 0.15) is 16.2 Å². The highest BCUT2D eigenvalue weighted by Crippen LogP contribution is 2.12. The number of pyridine rings is 1. The Morgan fingerprint density at radius 3 is 2.77 bits per heavy atom. The fraction of sp³-hybridized carbons (Fsp3) is 0.429. The number of amides is 1. The van der Waals surface area contributed by atoms with Crippen molar-refractivity contribution in [2.24, 2.45) is 7.05 Å². The van der Waals surface area contributed by atoms with Crippen LogP contribution in [-0.2, 0) is 20.0 Å². The van der Waals surface area contributed by atoms with Gasteiger partial charge in [-0.1, -0.05) is 0 Å². The van der Waals surface area contributed by atoms with E-state index in [1.807, 2.05) is 0 Å². The van der Waals surface area contributed by atoms with Gasteiger partial charge in [-0.2, -0.15) is 5.10 Å². The molecule has 2 aromatic heterocycles. The molecule has 0 saturated carbocycles. The number of carbonyl (C=O) groups is 1. The summed E-state index contributed by atoms with van der Waals surface area (Å²) in [5.41, 5.74) is 0.364. The number of hydrogen-bond donors (Lipinski definition) is 0. The molecular formula is C14H17N5O3. The van der Waals surface area contributed by atoms with E-state index in [2.05, 4.69) is 10.1 Å². The van der Waals surface area contributed by atoms with Crippen LogP contribution in [0.5, 0.6) is 5.88 Å². The Morgan fingerprint density at radius 1 is 1.27 bits per heavy atom. The molecule has 1 amide bonds. The molecule has 0 aliphatic carbocycles. The summed E-state index contributed by atoms with van der Waals surface area (Å²) in [5, 5.41) is 4.20. The molecule has 2 aromatic rings. The lowest BCUT2D eigenvalue weighted by Gasteiger charge is -2.19. The lowest BCUT2D eigenvalue weighted by Crippen LogP contribution is -2.35. The van der Waals surface area contributed by atoms with Gasteiger partial charge in [-0.25, -0.2) is 14.5 Å². The zero-order valence-electron chi connectivity index (χ0n) is 12.5. The molecule has 1 aliphatic heterocycles. The molecule has 8 nitrogen and oxygen atoms in total. The summed E-state index contributed by atoms with van der Waals surface area (Å²) in [6.07, 6.45) is 2.06. The Hall–Kier alpha value is -2.64. The fourth-order valence-electron chi connectivity index (χ4n) is 2.55. The summed E-state index contributed by atoms with van der Waals surface area (Å²) in [6, 6.07) is 3.35. The molecule has 0 N–H and O–H groups in total. The second kappa shape index (κ2) is 5.63. The highest BCUT2D eigenvalue weighted by Gasteiger charge is 2.22. The van der Waals surface area contributed by atoms with Crippen molar-refractivity contribution in [2.75, 3.05) is 20.2 Å². The number of methoxy groups -OCH3 is 1. The maximum absolute atomic E-state index is 12.5. The van der Waals surface area contributed by atoms with Crippen LogP contribution in [0.2, 0.25) is 0 Å². The normalized spacial score (nSPS) is 14.4. The first-order valence-electron chi connectivity index (χ1n) is 7.02. The van der Waals surface area contributed by atoms with Crippen molar-refractivity contribution < 1.29 is 9.53 Å². The number of aromatic nitrogens is 4. The van der Waals surface area contributed by atoms with E-state index in [0.717, 1.165) is 5.82 Å². The minimum absolute atomic E-state index is 0.0993. The summed E-state index contributed by atoms with van der Waals surface area (Å²) < 4.78 is 7.94. The molecule has 0 radical (unpaired) electrons. The highest BCUT2D eigenvalue weighted by molar-refractivity contribution is 5.94. The molecule has 1 aliphatic rings. The summed E-state index contributed by atoms with van der Waals surface area (Å²) in [7, 11) is 3.16. The first-order valence-corrected chi connectivity index (χ1v) is 7.02. The minimum Gasteiger partial charge on any atom is -0.481 e. The third kappa shape index (κ3) is 2.47. The van der Waals surface area contributed by atoms with Crippen LogP contribution in [0.15, 0.2) is 23.1 Å². The zero-order valence-corrected chi connectivity index (χ0v) is 12.5. The van der Waals surface area contributed by atoms with E-state index in [1.54, 1.807) is 28.6 Å². The van der Waals surface area contributed by atoms with E-state index in [0.29, 0.717) is 37.5 Å². The molecule has 0 aromatic carbocycles. The van der Waals surface area contributed by atoms with Crippen LogP contribution in [-0.4, -0.2) is 50.3 Å². The summed E-state index contributed by atoms with van der Waals surface area (Å²) in [5.74, 6) is 1.09. The average molecular weight is 303 g/mol. The Kier molecular flexibility index (Phi) is 3.66. The third-order valence-electron chi connectivity index (χ3n) is 3.76. The number of aryl methyl sites for hydroxylation is 1. The van der Waals surface area contributed by atoms with Crippen molar-refractivity contribution in [2.45, 2.75) is 13.0 Å². The molecule has 8 heteroatoms. The van der Waals surface area contributed by atoms with Crippen molar-refractivity contribution >= 4 is 5.91 Å². The van der Waals surface area contributed by atoms with Crippen LogP contribution in [0.4, 0.5) is 0 Å². The van der Waals surface area contributed by atoms with Gasteiger partial charge in [-0.05, 0) is 6.07 Å². The smallest absolute Gasteiger partial charge is 0.345 e. The maximum atomic E-state index is 12.5. The monoisotopic (exact) mass is 303 g/mol. The molecule has 3 rings (SSSR count). The van der Waals surface area contributed by atoms with Gasteiger partial charge in [0.25, 0.3) is 5.91 Å². The third-order valence-corrected chi connectivity index (χ3v) is 3.76. The molecule has 0 bridgehead atoms. The quantitative estimate of drug-likeness (QED) is 0.759. The van der Waals surface area contributed by atoms with Gasteiger partial charge in [-0.3, -0.25) is 9.36 Å². The molecule has 0 saturated heterocycles. The Balaban J connectivity index is 1.76. The van der Waals surface area contributed by atoms with E-state index in [9.17, 15) is 9.59 Å². The largest absolute Gasteiger partial charge is 0.481 e. The molecule has 0 unspecified atom stereocenters. The molecular weight excluding hydrogens is 286 g/mol. The zero-order chi connectivity index (χ0) is 15.7. The van der Waals surface area contributed by atoms with Crippen LogP contribution in [0.3, 0.4) is 0 Å². The molecule has 3 heterocycles. The first kappa shape index (κ1) is 14.3. The number of rotatable bonds is 2. The minimum atomic E-state index is -0.143. The molecule has 0 spiro atoms. The van der Waals surface area contributed by atoms with Crippen molar-refractivity contribution in [1.29, 1.82) is 0 Å². The number of nitrogens with zero attached hydrogens (tertiary/aromatic N) is 5. The van der Waals surface area contributed by atoms with Crippen LogP contribution >= 0.6 is 0 Å². The summed E-state index contributed by atoms with van der Waals surface area (Å²) >= 11 is 0. The number of fused-ring (bicyclic) bond motifs is 1. The standard InChI is InChI=1S/C14H17N5O3/c1-17-14(21)19-8-7-18(6-5-11(19)16-17)13(20)10-3-4-12(22-2)15-9-10/h3-4,9H,5-8H2,1-2H3. The van der Waals surface area contributed by atoms with Crippen molar-refractivity contribution in [3.05, 3.63) is 40.2 Å². The van der Waals surface area contributed by atoms with Gasteiger partial charge in [-0.15, -0.1) is 0 Å². The molecule has 0 fully saturated rings. The van der Waals surface area contributed by atoms with Crippen LogP contribution < -0.4 is 10.4 Å². The second-order valence-corrected chi connectivity index (χ2v) is 5.11. The highest BCUT2D eigenvalue weighted by atomic mass is 16.5. The Labute approximate surface area is 126 Å². The number of hydrogen-bond acceptors (Lipinski definition) is 5. The van der Waals surface area contributed by atoms with Gasteiger partial charge < -0.3 is 9.64 Å². The Bertz CT molecular complexity index is 747. The van der Waals surface area contributed by atoms with E-state index >= 15 is 0 Å². The lowest BCUT2D eigenvalue weighted by atomic mass is 10.2. The fourth-order valence-corrected chi connectivity index (χ4v) is 2.55. The van der Waals surface area contributed by atoms with E-state index in [1.165, 1.54) is 18.0 Å². The first-order chi connectivity index (χ1) is 10.6. The lowest BCUT2D eigenvalue weighted by molar-refractivity contribution is 0.0758. The summed E-state index contributed by atoms with van der Waals surface area (Å²) in [6.45, 7) is 1.46. The predicted octanol–water partition coefficient (Wildman–Crippen LogP) is -0.316. The molecule has 22 heavy (non-hydrogen) atoms. The van der Waals surface area contributed by atoms with Crippen molar-refractivity contribution in [3.8, 4) is 5.88 Å². The second-order valence-electron chi connectivity index (χ2n) is 5.11. The van der Waals surface area contributed by atoms with E-state index in [4.69, 9.17) is 4.74 Å². The maximum Gasteiger partial charge on any atom is 0.345 e. The van der Waals surface area contributed by atoms with Gasteiger partial charge >= 0.3 is 5.69 Å². The van der Waals surface area contributed by atoms with Gasteiger partial charge in [0.05, 0.1) is 12.7 Å². The van der Waals surface area contributed by atoms with Gasteiger partial charge in [0.15, 0.2) is 0 Å². The van der Waals surface area contributed by atoms with Gasteiger partial charge in [0.2, 0.25) is 5.88 Å². The average Bonchev–Trinajstić information content (AvgIpc) is 2.71. The Morgan fingerprint density at radius 2 is 2.09 bits per heavy atom. The van der Waals surface area contributed by atoms with Gasteiger partial charge in [0.1, 0.15) is 5.82 Å². The van der Waals surface area contributed by atoms with E-state index in [-0.39, 0.29) is 11.6 Å². The van der Waals surface area contributed by atoms with Crippen molar-refractivity contribution in [1.82, 2.24) is 24.2 Å². The topological polar surface area (TPSA) is 82.3 Å². The number of carbonyl (C=O) groups excluding carboxylic acids is 1. The van der Waals surface area contributed by atoms with Crippen LogP contribution in [0, 0.1) is 0 Å². The van der Waals surface area contributed by atoms with Crippen molar-refractivity contribution in [3.63, 3.8) is 0 Å². The van der Waals surface area contributed by atoms with Gasteiger partial charge in [0, 0.05) is 45.4 Å². The SMILES string of the molecule is COc1ccc(C(=O)N2CCc3nn(C)c(=O)n3CC2)cn1. The van der Waals surface area contributed by atoms with E-state index < -0.39 is 0 Å². The predicted molar refractivity (Wildman–Crippen MR) is 77.9 cm³/mol. The van der Waals surface area contributed by atoms with Crippen LogP contribution in [0.25, 0.3) is 0 Å². The number of ether oxygens (including phenoxy) is 1. The summed E-state index contributed by atoms with van der Waals surface area (Å²) in [4.78, 5) is 30.2. The molecule has 116 valence electrons. The molecule has 0 atom stereocenters.